The van der Waals surface area contributed by atoms with E-state index in [4.69, 9.17) is 0 Å². The number of nitrogens with zero attached hydrogens (tertiary/aromatic N) is 3. The number of anilines is 1. The first kappa shape index (κ1) is 25.3. The van der Waals surface area contributed by atoms with Crippen molar-refractivity contribution in [2.45, 2.75) is 19.8 Å². The van der Waals surface area contributed by atoms with Gasteiger partial charge in [-0.3, -0.25) is 4.90 Å². The van der Waals surface area contributed by atoms with E-state index in [1.165, 1.54) is 50.2 Å². The molecule has 37 heavy (non-hydrogen) atoms. The Kier molecular flexibility index (Phi) is 7.45. The molecule has 3 heteroatoms. The van der Waals surface area contributed by atoms with Crippen molar-refractivity contribution >= 4 is 16.8 Å². The van der Waals surface area contributed by atoms with E-state index in [0.717, 1.165) is 51.3 Å². The number of hydrogen-bond donors (Lipinski definition) is 0. The van der Waals surface area contributed by atoms with E-state index in [9.17, 15) is 0 Å². The van der Waals surface area contributed by atoms with Crippen LogP contribution in [0.4, 0.5) is 5.69 Å². The lowest BCUT2D eigenvalue weighted by Crippen LogP contribution is -2.46. The molecule has 1 heterocycles. The Balaban J connectivity index is 1.38. The molecule has 1 saturated heterocycles. The van der Waals surface area contributed by atoms with E-state index < -0.39 is 0 Å². The van der Waals surface area contributed by atoms with Gasteiger partial charge in [0.1, 0.15) is 0 Å². The zero-order valence-electron chi connectivity index (χ0n) is 22.6. The second-order valence-electron chi connectivity index (χ2n) is 10.7. The van der Waals surface area contributed by atoms with Gasteiger partial charge in [0.05, 0.1) is 0 Å². The molecule has 1 fully saturated rings. The quantitative estimate of drug-likeness (QED) is 0.377. The molecule has 3 nitrogen and oxygen atoms in total. The minimum atomic E-state index is 0.873. The highest BCUT2D eigenvalue weighted by molar-refractivity contribution is 6.02. The Morgan fingerprint density at radius 2 is 1.62 bits per heavy atom. The van der Waals surface area contributed by atoms with Gasteiger partial charge in [0.2, 0.25) is 0 Å². The van der Waals surface area contributed by atoms with Crippen molar-refractivity contribution in [2.75, 3.05) is 51.7 Å². The molecule has 0 radical (unpaired) electrons. The fourth-order valence-electron chi connectivity index (χ4n) is 5.57. The molecule has 0 aromatic heterocycles. The Hall–Kier alpha value is -3.40. The number of rotatable bonds is 7. The number of allylic oxidation sites excluding steroid dienone is 3. The fraction of sp³-hybridized carbons (Fsp3) is 0.294. The summed E-state index contributed by atoms with van der Waals surface area (Å²) in [7, 11) is 4.33. The molecule has 0 spiro atoms. The summed E-state index contributed by atoms with van der Waals surface area (Å²) >= 11 is 0. The Labute approximate surface area is 223 Å². The minimum Gasteiger partial charge on any atom is -0.347 e. The highest BCUT2D eigenvalue weighted by Crippen LogP contribution is 2.42. The van der Waals surface area contributed by atoms with E-state index >= 15 is 0 Å². The first-order valence-electron chi connectivity index (χ1n) is 13.4. The Bertz CT molecular complexity index is 1310. The highest BCUT2D eigenvalue weighted by Gasteiger charge is 2.24. The van der Waals surface area contributed by atoms with Crippen LogP contribution >= 0.6 is 0 Å². The molecule has 0 bridgehead atoms. The maximum absolute atomic E-state index is 4.50. The lowest BCUT2D eigenvalue weighted by molar-refractivity contribution is 0.163. The highest BCUT2D eigenvalue weighted by atomic mass is 15.3. The van der Waals surface area contributed by atoms with Gasteiger partial charge in [-0.2, -0.15) is 0 Å². The fourth-order valence-corrected chi connectivity index (χ4v) is 5.57. The summed E-state index contributed by atoms with van der Waals surface area (Å²) in [5.74, 6) is 0. The molecule has 190 valence electrons. The molecule has 0 amide bonds. The summed E-state index contributed by atoms with van der Waals surface area (Å²) in [6.07, 6.45) is 1.81. The smallest absolute Gasteiger partial charge is 0.0406 e. The summed E-state index contributed by atoms with van der Waals surface area (Å²) in [4.78, 5) is 7.12. The van der Waals surface area contributed by atoms with Crippen molar-refractivity contribution in [3.05, 3.63) is 125 Å². The van der Waals surface area contributed by atoms with Gasteiger partial charge in [-0.05, 0) is 77.9 Å². The number of fused-ring (bicyclic) bond motifs is 1. The maximum atomic E-state index is 4.50. The first-order valence-corrected chi connectivity index (χ1v) is 13.4. The van der Waals surface area contributed by atoms with Gasteiger partial charge in [-0.15, -0.1) is 0 Å². The van der Waals surface area contributed by atoms with Crippen molar-refractivity contribution in [1.29, 1.82) is 0 Å². The van der Waals surface area contributed by atoms with Crippen molar-refractivity contribution in [3.8, 4) is 0 Å². The van der Waals surface area contributed by atoms with Gasteiger partial charge in [-0.1, -0.05) is 79.4 Å². The van der Waals surface area contributed by atoms with E-state index in [-0.39, 0.29) is 0 Å². The van der Waals surface area contributed by atoms with Crippen LogP contribution in [0.3, 0.4) is 0 Å². The van der Waals surface area contributed by atoms with Gasteiger partial charge >= 0.3 is 0 Å². The second-order valence-corrected chi connectivity index (χ2v) is 10.7. The topological polar surface area (TPSA) is 9.72 Å². The van der Waals surface area contributed by atoms with E-state index in [0.29, 0.717) is 0 Å². The normalized spacial score (nSPS) is 17.5. The predicted octanol–water partition coefficient (Wildman–Crippen LogP) is 6.46. The SMILES string of the molecule is C=C1Cc2cc(C)ccc2/C1=C(/Cc1ccc(N(C)C(=C)CN2CCN(C)CC2)cc1)c1ccccc1. The third-order valence-electron chi connectivity index (χ3n) is 7.89. The van der Waals surface area contributed by atoms with Crippen LogP contribution in [0.25, 0.3) is 11.1 Å². The Morgan fingerprint density at radius 3 is 2.32 bits per heavy atom. The van der Waals surface area contributed by atoms with E-state index in [2.05, 4.69) is 122 Å². The lowest BCUT2D eigenvalue weighted by Gasteiger charge is -2.34. The molecular formula is C34H39N3. The number of hydrogen-bond acceptors (Lipinski definition) is 3. The molecule has 2 aliphatic rings. The monoisotopic (exact) mass is 489 g/mol. The van der Waals surface area contributed by atoms with Gasteiger partial charge in [0, 0.05) is 51.2 Å². The summed E-state index contributed by atoms with van der Waals surface area (Å²) in [6.45, 7) is 16.4. The number of aryl methyl sites for hydroxylation is 1. The van der Waals surface area contributed by atoms with Gasteiger partial charge < -0.3 is 9.80 Å². The van der Waals surface area contributed by atoms with Crippen LogP contribution in [-0.4, -0.2) is 56.6 Å². The Morgan fingerprint density at radius 1 is 0.919 bits per heavy atom. The third kappa shape index (κ3) is 5.64. The van der Waals surface area contributed by atoms with Crippen LogP contribution in [0.15, 0.2) is 97.2 Å². The summed E-state index contributed by atoms with van der Waals surface area (Å²) in [6, 6.07) is 26.6. The van der Waals surface area contributed by atoms with Crippen molar-refractivity contribution in [2.24, 2.45) is 0 Å². The molecular weight excluding hydrogens is 450 g/mol. The minimum absolute atomic E-state index is 0.873. The van der Waals surface area contributed by atoms with Crippen LogP contribution in [0.5, 0.6) is 0 Å². The number of benzene rings is 3. The molecule has 3 aromatic carbocycles. The van der Waals surface area contributed by atoms with Crippen LogP contribution in [0.2, 0.25) is 0 Å². The number of piperazine rings is 1. The first-order chi connectivity index (χ1) is 17.9. The molecule has 0 unspecified atom stereocenters. The van der Waals surface area contributed by atoms with Crippen molar-refractivity contribution < 1.29 is 0 Å². The van der Waals surface area contributed by atoms with Crippen LogP contribution in [0.1, 0.15) is 27.8 Å². The molecule has 3 aromatic rings. The largest absolute Gasteiger partial charge is 0.347 e. The van der Waals surface area contributed by atoms with Crippen molar-refractivity contribution in [3.63, 3.8) is 0 Å². The van der Waals surface area contributed by atoms with E-state index in [1.807, 2.05) is 0 Å². The van der Waals surface area contributed by atoms with Crippen LogP contribution < -0.4 is 4.90 Å². The van der Waals surface area contributed by atoms with Crippen molar-refractivity contribution in [1.82, 2.24) is 9.80 Å². The van der Waals surface area contributed by atoms with Crippen LogP contribution in [0, 0.1) is 6.92 Å². The van der Waals surface area contributed by atoms with E-state index in [1.54, 1.807) is 0 Å². The zero-order valence-corrected chi connectivity index (χ0v) is 22.6. The number of likely N-dealkylation sites (N-methyl/N-ethyl adjacent to an activating group) is 2. The summed E-state index contributed by atoms with van der Waals surface area (Å²) in [5.41, 5.74) is 12.8. The molecule has 1 aliphatic carbocycles. The summed E-state index contributed by atoms with van der Waals surface area (Å²) < 4.78 is 0. The predicted molar refractivity (Wildman–Crippen MR) is 159 cm³/mol. The lowest BCUT2D eigenvalue weighted by atomic mass is 9.89. The second kappa shape index (κ2) is 10.9. The maximum Gasteiger partial charge on any atom is 0.0406 e. The zero-order chi connectivity index (χ0) is 25.9. The molecule has 0 atom stereocenters. The standard InChI is InChI=1S/C34H39N3/c1-25-11-16-32-30(21-25)22-26(2)34(32)33(29-9-7-6-8-10-29)23-28-12-14-31(15-13-28)36(5)27(3)24-37-19-17-35(4)18-20-37/h6-16,21H,2-3,17-20,22-24H2,1,4-5H3/b34-33-. The van der Waals surface area contributed by atoms with Gasteiger partial charge in [0.25, 0.3) is 0 Å². The average molecular weight is 490 g/mol. The van der Waals surface area contributed by atoms with Gasteiger partial charge in [0.15, 0.2) is 0 Å². The molecule has 1 aliphatic heterocycles. The van der Waals surface area contributed by atoms with Gasteiger partial charge in [-0.25, -0.2) is 0 Å². The third-order valence-corrected chi connectivity index (χ3v) is 7.89. The summed E-state index contributed by atoms with van der Waals surface area (Å²) in [5, 5.41) is 0. The molecule has 5 rings (SSSR count). The average Bonchev–Trinajstić information content (AvgIpc) is 3.23. The van der Waals surface area contributed by atoms with Crippen LogP contribution in [-0.2, 0) is 12.8 Å². The molecule has 0 N–H and O–H groups in total. The molecule has 0 saturated carbocycles.